The van der Waals surface area contributed by atoms with Gasteiger partial charge in [0.2, 0.25) is 0 Å². The molecule has 6 heteroatoms. The number of rotatable bonds is 17. The minimum atomic E-state index is -4.33. The number of carbonyl (C=O) groups excluding carboxylic acids is 1. The molecule has 0 fully saturated rings. The van der Waals surface area contributed by atoms with Gasteiger partial charge in [0.05, 0.1) is 0 Å². The molecule has 0 aromatic carbocycles. The summed E-state index contributed by atoms with van der Waals surface area (Å²) in [6, 6.07) is 0. The van der Waals surface area contributed by atoms with Crippen LogP contribution in [0.1, 0.15) is 112 Å². The molecule has 0 aromatic rings. The second-order valence-corrected chi connectivity index (χ2v) is 9.71. The van der Waals surface area contributed by atoms with E-state index < -0.39 is 20.6 Å². The summed E-state index contributed by atoms with van der Waals surface area (Å²) in [4.78, 5) is 11.9. The molecule has 156 valence electrons. The molecule has 0 bridgehead atoms. The molecule has 0 amide bonds. The normalized spacial score (nSPS) is 12.3. The Hall–Kier alpha value is 0.320. The maximum Gasteiger partial charge on any atom is 1.00 e. The second-order valence-electron chi connectivity index (χ2n) is 7.74. The van der Waals surface area contributed by atoms with E-state index in [9.17, 15) is 13.2 Å². The van der Waals surface area contributed by atoms with Crippen molar-refractivity contribution in [2.45, 2.75) is 115 Å². The molecule has 27 heavy (non-hydrogen) atoms. The molecule has 1 N–H and O–H groups in total. The molecule has 0 heterocycles. The molecule has 0 saturated carbocycles. The van der Waals surface area contributed by atoms with E-state index in [1.54, 1.807) is 0 Å². The smallest absolute Gasteiger partial charge is 1.00 e. The maximum atomic E-state index is 11.9. The van der Waals surface area contributed by atoms with E-state index in [-0.39, 0.29) is 37.4 Å². The van der Waals surface area contributed by atoms with Gasteiger partial charge in [-0.1, -0.05) is 70.4 Å². The van der Waals surface area contributed by atoms with Crippen LogP contribution in [0.25, 0.3) is 0 Å². The van der Waals surface area contributed by atoms with Crippen molar-refractivity contribution in [2.24, 2.45) is 0 Å². The summed E-state index contributed by atoms with van der Waals surface area (Å²) in [6.45, 7) is 4.78. The Labute approximate surface area is 191 Å². The van der Waals surface area contributed by atoms with Gasteiger partial charge in [0.25, 0.3) is 10.1 Å². The molecule has 0 aliphatic heterocycles. The van der Waals surface area contributed by atoms with Gasteiger partial charge in [-0.05, 0) is 46.0 Å². The van der Waals surface area contributed by atoms with E-state index >= 15 is 0 Å². The first kappa shape index (κ1) is 29.5. The number of allylic oxidation sites excluding steroid dienone is 2. The minimum absolute atomic E-state index is 0. The molecule has 0 unspecified atom stereocenters. The number of Topliss-reactive ketones (excluding diaryl/α,β-unsaturated/α-hetero) is 1. The number of hydrogen-bond acceptors (Lipinski definition) is 3. The first-order chi connectivity index (χ1) is 12.2. The van der Waals surface area contributed by atoms with E-state index in [4.69, 9.17) is 4.55 Å². The van der Waals surface area contributed by atoms with Crippen LogP contribution in [0.3, 0.4) is 0 Å². The third-order valence-electron chi connectivity index (χ3n) is 4.98. The summed E-state index contributed by atoms with van der Waals surface area (Å²) in [6.07, 6.45) is 20.1. The summed E-state index contributed by atoms with van der Waals surface area (Å²) >= 11 is 0. The summed E-state index contributed by atoms with van der Waals surface area (Å²) in [5.41, 5.74) is 0. The van der Waals surface area contributed by atoms with Crippen LogP contribution in [0.2, 0.25) is 0 Å². The first-order valence-corrected chi connectivity index (χ1v) is 11.8. The van der Waals surface area contributed by atoms with Gasteiger partial charge in [-0.25, -0.2) is 0 Å². The van der Waals surface area contributed by atoms with Crippen LogP contribution in [-0.4, -0.2) is 23.5 Å². The van der Waals surface area contributed by atoms with Crippen molar-refractivity contribution in [3.63, 3.8) is 0 Å². The van der Waals surface area contributed by atoms with Gasteiger partial charge < -0.3 is 1.43 Å². The van der Waals surface area contributed by atoms with Gasteiger partial charge in [0.1, 0.15) is 4.75 Å². The van der Waals surface area contributed by atoms with E-state index in [2.05, 4.69) is 19.1 Å². The third kappa shape index (κ3) is 14.9. The van der Waals surface area contributed by atoms with Crippen molar-refractivity contribution >= 4 is 15.9 Å². The molecule has 4 nitrogen and oxygen atoms in total. The zero-order chi connectivity index (χ0) is 19.9. The summed E-state index contributed by atoms with van der Waals surface area (Å²) in [7, 11) is -4.33. The van der Waals surface area contributed by atoms with E-state index in [1.807, 2.05) is 0 Å². The van der Waals surface area contributed by atoms with Gasteiger partial charge in [-0.3, -0.25) is 9.35 Å². The fourth-order valence-electron chi connectivity index (χ4n) is 2.80. The molecule has 0 aromatic heterocycles. The average Bonchev–Trinajstić information content (AvgIpc) is 2.57. The molecule has 0 aliphatic rings. The van der Waals surface area contributed by atoms with Crippen LogP contribution in [0.15, 0.2) is 12.2 Å². The molecule has 0 aliphatic carbocycles. The summed E-state index contributed by atoms with van der Waals surface area (Å²) < 4.78 is 29.8. The SMILES string of the molecule is CCCCCCCC/C=C\CCCCCCCC(=O)C(C)(C)S(=O)(=O)O.[H-].[Na+]. The van der Waals surface area contributed by atoms with Crippen LogP contribution in [-0.2, 0) is 14.9 Å². The standard InChI is InChI=1S/C21H40O4S.Na.H/c1-4-5-6-7-8-9-10-11-12-13-14-15-16-17-18-19-20(22)21(2,3)26(23,24)25;;/h11-12H,4-10,13-19H2,1-3H3,(H,23,24,25);;/q;+1;-1/b12-11-;;. The molecular formula is C21H41NaO4S. The van der Waals surface area contributed by atoms with Crippen molar-refractivity contribution in [3.8, 4) is 0 Å². The molecule has 0 rings (SSSR count). The van der Waals surface area contributed by atoms with E-state index in [0.717, 1.165) is 32.1 Å². The predicted octanol–water partition coefficient (Wildman–Crippen LogP) is 3.38. The first-order valence-electron chi connectivity index (χ1n) is 10.4. The molecule has 0 spiro atoms. The topological polar surface area (TPSA) is 71.4 Å². The average molecular weight is 413 g/mol. The predicted molar refractivity (Wildman–Crippen MR) is 111 cm³/mol. The van der Waals surface area contributed by atoms with E-state index in [0.29, 0.717) is 6.42 Å². The van der Waals surface area contributed by atoms with Crippen LogP contribution >= 0.6 is 0 Å². The molecule has 0 atom stereocenters. The quantitative estimate of drug-likeness (QED) is 0.172. The Kier molecular flexibility index (Phi) is 18.8. The molecule has 0 saturated heterocycles. The third-order valence-corrected chi connectivity index (χ3v) is 6.50. The van der Waals surface area contributed by atoms with Crippen LogP contribution in [0, 0.1) is 0 Å². The number of carbonyl (C=O) groups is 1. The zero-order valence-corrected chi connectivity index (χ0v) is 21.0. The van der Waals surface area contributed by atoms with Crippen molar-refractivity contribution in [3.05, 3.63) is 12.2 Å². The van der Waals surface area contributed by atoms with Crippen molar-refractivity contribution in [1.29, 1.82) is 0 Å². The Morgan fingerprint density at radius 2 is 1.26 bits per heavy atom. The number of ketones is 1. The minimum Gasteiger partial charge on any atom is -1.00 e. The Morgan fingerprint density at radius 1 is 0.852 bits per heavy atom. The molecule has 0 radical (unpaired) electrons. The van der Waals surface area contributed by atoms with Gasteiger partial charge >= 0.3 is 29.6 Å². The largest absolute Gasteiger partial charge is 1.00 e. The van der Waals surface area contributed by atoms with E-state index in [1.165, 1.54) is 58.8 Å². The van der Waals surface area contributed by atoms with Crippen LogP contribution in [0.4, 0.5) is 0 Å². The maximum absolute atomic E-state index is 11.9. The Bertz CT molecular complexity index is 505. The Morgan fingerprint density at radius 3 is 1.70 bits per heavy atom. The monoisotopic (exact) mass is 412 g/mol. The van der Waals surface area contributed by atoms with Crippen LogP contribution in [0.5, 0.6) is 0 Å². The number of unbranched alkanes of at least 4 members (excludes halogenated alkanes) is 11. The summed E-state index contributed by atoms with van der Waals surface area (Å²) in [5, 5.41) is 0. The van der Waals surface area contributed by atoms with Crippen molar-refractivity contribution in [1.82, 2.24) is 0 Å². The van der Waals surface area contributed by atoms with Crippen LogP contribution < -0.4 is 29.6 Å². The van der Waals surface area contributed by atoms with Crippen molar-refractivity contribution < 1.29 is 48.7 Å². The fraction of sp³-hybridized carbons (Fsp3) is 0.857. The van der Waals surface area contributed by atoms with Gasteiger partial charge in [0.15, 0.2) is 5.78 Å². The van der Waals surface area contributed by atoms with Gasteiger partial charge in [0, 0.05) is 6.42 Å². The van der Waals surface area contributed by atoms with Gasteiger partial charge in [-0.2, -0.15) is 8.42 Å². The van der Waals surface area contributed by atoms with Crippen molar-refractivity contribution in [2.75, 3.05) is 0 Å². The number of hydrogen-bond donors (Lipinski definition) is 1. The summed E-state index contributed by atoms with van der Waals surface area (Å²) in [5.74, 6) is -0.405. The Balaban J connectivity index is -0.00000312. The fourth-order valence-corrected chi connectivity index (χ4v) is 3.19. The van der Waals surface area contributed by atoms with Gasteiger partial charge in [-0.15, -0.1) is 0 Å². The zero-order valence-electron chi connectivity index (χ0n) is 19.1. The second kappa shape index (κ2) is 17.2. The molecular weight excluding hydrogens is 371 g/mol.